The van der Waals surface area contributed by atoms with Crippen LogP contribution in [0.2, 0.25) is 0 Å². The summed E-state index contributed by atoms with van der Waals surface area (Å²) in [7, 11) is 0. The molecule has 0 aliphatic heterocycles. The standard InChI is InChI=1S/C7H4BrF2N3/c1-13-4-2-3(9)6(8)11-5(4)7(10)12-13/h2H,1H3/i1D3. The van der Waals surface area contributed by atoms with Crippen LogP contribution in [0.5, 0.6) is 0 Å². The molecule has 0 atom stereocenters. The lowest BCUT2D eigenvalue weighted by atomic mass is 10.4. The van der Waals surface area contributed by atoms with Crippen molar-refractivity contribution in [3.63, 3.8) is 0 Å². The first-order valence-electron chi connectivity index (χ1n) is 4.71. The summed E-state index contributed by atoms with van der Waals surface area (Å²) in [6, 6.07) is 0.870. The first-order valence-corrected chi connectivity index (χ1v) is 4.01. The maximum atomic E-state index is 13.3. The van der Waals surface area contributed by atoms with Crippen molar-refractivity contribution in [1.82, 2.24) is 14.8 Å². The average Bonchev–Trinajstić information content (AvgIpc) is 2.45. The van der Waals surface area contributed by atoms with Gasteiger partial charge in [-0.2, -0.15) is 4.39 Å². The molecule has 0 aromatic carbocycles. The highest BCUT2D eigenvalue weighted by molar-refractivity contribution is 9.10. The molecule has 13 heavy (non-hydrogen) atoms. The van der Waals surface area contributed by atoms with Gasteiger partial charge in [-0.1, -0.05) is 0 Å². The number of aryl methyl sites for hydroxylation is 1. The van der Waals surface area contributed by atoms with Crippen LogP contribution in [0.15, 0.2) is 10.7 Å². The predicted molar refractivity (Wildman–Crippen MR) is 46.1 cm³/mol. The molecule has 2 aromatic rings. The molecular weight excluding hydrogens is 244 g/mol. The van der Waals surface area contributed by atoms with E-state index in [-0.39, 0.29) is 15.6 Å². The van der Waals surface area contributed by atoms with Gasteiger partial charge in [0.05, 0.1) is 5.52 Å². The Hall–Kier alpha value is -1.04. The van der Waals surface area contributed by atoms with Gasteiger partial charge in [-0.25, -0.2) is 9.37 Å². The van der Waals surface area contributed by atoms with Crippen LogP contribution in [-0.4, -0.2) is 14.8 Å². The Morgan fingerprint density at radius 1 is 1.62 bits per heavy atom. The number of hydrogen-bond acceptors (Lipinski definition) is 2. The molecule has 2 aromatic heterocycles. The van der Waals surface area contributed by atoms with E-state index >= 15 is 0 Å². The molecule has 0 amide bonds. The van der Waals surface area contributed by atoms with E-state index in [2.05, 4.69) is 26.0 Å². The summed E-state index contributed by atoms with van der Waals surface area (Å²) in [4.78, 5) is 3.54. The zero-order chi connectivity index (χ0) is 12.1. The zero-order valence-electron chi connectivity index (χ0n) is 9.05. The fourth-order valence-corrected chi connectivity index (χ4v) is 1.25. The lowest BCUT2D eigenvalue weighted by molar-refractivity contribution is 0.560. The summed E-state index contributed by atoms with van der Waals surface area (Å²) in [6.45, 7) is -2.68. The molecule has 0 aliphatic carbocycles. The van der Waals surface area contributed by atoms with Crippen LogP contribution in [-0.2, 0) is 6.98 Å². The fourth-order valence-electron chi connectivity index (χ4n) is 0.959. The largest absolute Gasteiger partial charge is 0.263 e. The monoisotopic (exact) mass is 250 g/mol. The van der Waals surface area contributed by atoms with Gasteiger partial charge in [-0.3, -0.25) is 4.68 Å². The van der Waals surface area contributed by atoms with Crippen LogP contribution in [0.25, 0.3) is 11.0 Å². The summed E-state index contributed by atoms with van der Waals surface area (Å²) >= 11 is 2.78. The minimum absolute atomic E-state index is 0.191. The predicted octanol–water partition coefficient (Wildman–Crippen LogP) is 2.01. The molecule has 0 radical (unpaired) electrons. The molecule has 6 heteroatoms. The topological polar surface area (TPSA) is 30.7 Å². The summed E-state index contributed by atoms with van der Waals surface area (Å²) in [5.41, 5.74) is -0.498. The van der Waals surface area contributed by atoms with Crippen molar-refractivity contribution in [2.75, 3.05) is 0 Å². The molecule has 0 bridgehead atoms. The average molecular weight is 251 g/mol. The van der Waals surface area contributed by atoms with Gasteiger partial charge in [-0.15, -0.1) is 5.10 Å². The van der Waals surface area contributed by atoms with Crippen molar-refractivity contribution in [2.45, 2.75) is 0 Å². The molecule has 3 nitrogen and oxygen atoms in total. The molecule has 0 saturated heterocycles. The Morgan fingerprint density at radius 2 is 2.38 bits per heavy atom. The van der Waals surface area contributed by atoms with Gasteiger partial charge in [0.25, 0.3) is 5.95 Å². The van der Waals surface area contributed by atoms with Crippen LogP contribution in [0.3, 0.4) is 0 Å². The Bertz CT molecular complexity index is 566. The lowest BCUT2D eigenvalue weighted by Gasteiger charge is -1.94. The molecule has 0 N–H and O–H groups in total. The molecule has 0 aliphatic rings. The maximum Gasteiger partial charge on any atom is 0.258 e. The van der Waals surface area contributed by atoms with Gasteiger partial charge >= 0.3 is 0 Å². The Morgan fingerprint density at radius 3 is 3.08 bits per heavy atom. The van der Waals surface area contributed by atoms with Gasteiger partial charge in [0, 0.05) is 17.2 Å². The number of fused-ring (bicyclic) bond motifs is 1. The smallest absolute Gasteiger partial charge is 0.258 e. The highest BCUT2D eigenvalue weighted by atomic mass is 79.9. The first kappa shape index (κ1) is 5.64. The molecular formula is C7H4BrF2N3. The Kier molecular flexibility index (Phi) is 1.18. The number of rotatable bonds is 0. The minimum atomic E-state index is -2.68. The summed E-state index contributed by atoms with van der Waals surface area (Å²) in [5.74, 6) is -1.83. The highest BCUT2D eigenvalue weighted by Crippen LogP contribution is 2.20. The van der Waals surface area contributed by atoms with Gasteiger partial charge in [0.15, 0.2) is 5.82 Å². The third-order valence-corrected chi connectivity index (χ3v) is 2.08. The number of nitrogens with zero attached hydrogens (tertiary/aromatic N) is 3. The SMILES string of the molecule is [2H]C([2H])([2H])n1nc(F)c2nc(Br)c(F)cc21. The third kappa shape index (κ3) is 1.21. The summed E-state index contributed by atoms with van der Waals surface area (Å²) in [6.07, 6.45) is 0. The second kappa shape index (κ2) is 2.73. The van der Waals surface area contributed by atoms with E-state index in [0.29, 0.717) is 4.68 Å². The van der Waals surface area contributed by atoms with Gasteiger partial charge in [0.1, 0.15) is 10.1 Å². The van der Waals surface area contributed by atoms with E-state index in [0.717, 1.165) is 6.07 Å². The molecule has 0 saturated carbocycles. The van der Waals surface area contributed by atoms with E-state index in [9.17, 15) is 8.78 Å². The van der Waals surface area contributed by atoms with Crippen molar-refractivity contribution in [1.29, 1.82) is 0 Å². The molecule has 0 unspecified atom stereocenters. The maximum absolute atomic E-state index is 13.3. The lowest BCUT2D eigenvalue weighted by Crippen LogP contribution is -1.91. The van der Waals surface area contributed by atoms with Gasteiger partial charge in [0.2, 0.25) is 0 Å². The normalized spacial score (nSPS) is 15.5. The Balaban J connectivity index is 2.84. The van der Waals surface area contributed by atoms with Crippen LogP contribution in [0.1, 0.15) is 4.11 Å². The van der Waals surface area contributed by atoms with Crippen molar-refractivity contribution < 1.29 is 12.9 Å². The molecule has 2 heterocycles. The van der Waals surface area contributed by atoms with E-state index < -0.39 is 18.7 Å². The molecule has 0 fully saturated rings. The number of aromatic nitrogens is 3. The molecule has 68 valence electrons. The first-order chi connectivity index (χ1) is 7.30. The summed E-state index contributed by atoms with van der Waals surface area (Å²) < 4.78 is 48.0. The number of halogens is 3. The van der Waals surface area contributed by atoms with E-state index in [1.165, 1.54) is 0 Å². The van der Waals surface area contributed by atoms with Crippen molar-refractivity contribution in [2.24, 2.45) is 6.98 Å². The second-order valence-corrected chi connectivity index (χ2v) is 3.08. The number of hydrogen-bond donors (Lipinski definition) is 0. The van der Waals surface area contributed by atoms with Crippen molar-refractivity contribution >= 4 is 27.0 Å². The zero-order valence-corrected chi connectivity index (χ0v) is 7.64. The second-order valence-electron chi connectivity index (χ2n) is 2.33. The van der Waals surface area contributed by atoms with Crippen molar-refractivity contribution in [3.05, 3.63) is 22.4 Å². The minimum Gasteiger partial charge on any atom is -0.263 e. The summed E-state index contributed by atoms with van der Waals surface area (Å²) in [5, 5.41) is 3.18. The van der Waals surface area contributed by atoms with Gasteiger partial charge in [-0.05, 0) is 15.9 Å². The Labute approximate surface area is 84.7 Å². The van der Waals surface area contributed by atoms with Crippen LogP contribution in [0, 0.1) is 11.8 Å². The van der Waals surface area contributed by atoms with E-state index in [1.807, 2.05) is 0 Å². The molecule has 2 rings (SSSR count). The third-order valence-electron chi connectivity index (χ3n) is 1.52. The van der Waals surface area contributed by atoms with E-state index in [1.54, 1.807) is 0 Å². The van der Waals surface area contributed by atoms with E-state index in [4.69, 9.17) is 4.11 Å². The quantitative estimate of drug-likeness (QED) is 0.670. The highest BCUT2D eigenvalue weighted by Gasteiger charge is 2.12. The molecule has 0 spiro atoms. The fraction of sp³-hybridized carbons (Fsp3) is 0.143. The van der Waals surface area contributed by atoms with Crippen LogP contribution >= 0.6 is 15.9 Å². The van der Waals surface area contributed by atoms with Crippen molar-refractivity contribution in [3.8, 4) is 0 Å². The number of pyridine rings is 1. The van der Waals surface area contributed by atoms with Gasteiger partial charge < -0.3 is 0 Å². The van der Waals surface area contributed by atoms with Crippen LogP contribution < -0.4 is 0 Å². The van der Waals surface area contributed by atoms with Crippen LogP contribution in [0.4, 0.5) is 8.78 Å².